The van der Waals surface area contributed by atoms with Crippen molar-refractivity contribution in [2.45, 2.75) is 6.54 Å². The van der Waals surface area contributed by atoms with Crippen LogP contribution in [0, 0.1) is 0 Å². The number of hydrogen-bond donors (Lipinski definition) is 1. The minimum atomic E-state index is 0.207. The maximum absolute atomic E-state index is 9.56. The molecule has 0 atom stereocenters. The van der Waals surface area contributed by atoms with Gasteiger partial charge in [0.05, 0.1) is 28.3 Å². The molecule has 1 N–H and O–H groups in total. The van der Waals surface area contributed by atoms with Crippen molar-refractivity contribution in [1.29, 1.82) is 0 Å². The number of methoxy groups -OCH3 is 1. The van der Waals surface area contributed by atoms with Crippen LogP contribution in [0.2, 0.25) is 0 Å². The normalized spacial score (nSPS) is 11.4. The zero-order chi connectivity index (χ0) is 10.8. The summed E-state index contributed by atoms with van der Waals surface area (Å²) in [5.41, 5.74) is 1.11. The summed E-state index contributed by atoms with van der Waals surface area (Å²) in [4.78, 5) is 0. The average molecular weight is 196 g/mol. The van der Waals surface area contributed by atoms with Gasteiger partial charge >= 0.3 is 0 Å². The van der Waals surface area contributed by atoms with E-state index in [2.05, 4.69) is 21.1 Å². The van der Waals surface area contributed by atoms with Crippen LogP contribution in [0.1, 0.15) is 5.56 Å². The quantitative estimate of drug-likeness (QED) is 0.744. The molecule has 0 heterocycles. The summed E-state index contributed by atoms with van der Waals surface area (Å²) >= 11 is 0. The Labute approximate surface area is 85.1 Å². The fourth-order valence-corrected chi connectivity index (χ4v) is 1.38. The third-order valence-electron chi connectivity index (χ3n) is 1.90. The summed E-state index contributed by atoms with van der Waals surface area (Å²) in [5.74, 6) is 0.730. The zero-order valence-corrected chi connectivity index (χ0v) is 9.24. The molecule has 1 rings (SSSR count). The third kappa shape index (κ3) is 2.92. The Morgan fingerprint density at radius 2 is 1.93 bits per heavy atom. The Balaban J connectivity index is 2.87. The van der Waals surface area contributed by atoms with Gasteiger partial charge in [0.2, 0.25) is 0 Å². The van der Waals surface area contributed by atoms with Crippen LogP contribution in [-0.4, -0.2) is 37.8 Å². The second kappa shape index (κ2) is 3.88. The van der Waals surface area contributed by atoms with Gasteiger partial charge in [0, 0.05) is 5.56 Å². The van der Waals surface area contributed by atoms with Gasteiger partial charge in [-0.25, -0.2) is 0 Å². The molecule has 0 saturated heterocycles. The highest BCUT2D eigenvalue weighted by molar-refractivity contribution is 5.41. The number of quaternary nitrogens is 1. The lowest BCUT2D eigenvalue weighted by molar-refractivity contribution is -0.884. The Morgan fingerprint density at radius 1 is 1.29 bits per heavy atom. The van der Waals surface area contributed by atoms with Crippen LogP contribution >= 0.6 is 0 Å². The molecule has 0 aliphatic rings. The van der Waals surface area contributed by atoms with Crippen LogP contribution in [0.15, 0.2) is 18.2 Å². The lowest BCUT2D eigenvalue weighted by Crippen LogP contribution is -2.33. The molecule has 1 aromatic rings. The molecule has 0 aromatic heterocycles. The van der Waals surface area contributed by atoms with Crippen molar-refractivity contribution >= 4 is 0 Å². The monoisotopic (exact) mass is 196 g/mol. The van der Waals surface area contributed by atoms with Crippen molar-refractivity contribution < 1.29 is 14.3 Å². The van der Waals surface area contributed by atoms with Crippen molar-refractivity contribution in [2.75, 3.05) is 28.3 Å². The summed E-state index contributed by atoms with van der Waals surface area (Å²) in [6.07, 6.45) is 0. The summed E-state index contributed by atoms with van der Waals surface area (Å²) in [7, 11) is 7.89. The minimum Gasteiger partial charge on any atom is -0.504 e. The molecule has 0 amide bonds. The fourth-order valence-electron chi connectivity index (χ4n) is 1.38. The fraction of sp³-hybridized carbons (Fsp3) is 0.455. The zero-order valence-electron chi connectivity index (χ0n) is 9.24. The van der Waals surface area contributed by atoms with E-state index in [9.17, 15) is 5.11 Å². The van der Waals surface area contributed by atoms with E-state index in [0.29, 0.717) is 5.75 Å². The number of aromatic hydroxyl groups is 1. The molecule has 3 nitrogen and oxygen atoms in total. The van der Waals surface area contributed by atoms with Crippen molar-refractivity contribution in [3.8, 4) is 11.5 Å². The van der Waals surface area contributed by atoms with Gasteiger partial charge in [-0.15, -0.1) is 0 Å². The van der Waals surface area contributed by atoms with Gasteiger partial charge in [-0.2, -0.15) is 0 Å². The highest BCUT2D eigenvalue weighted by atomic mass is 16.5. The van der Waals surface area contributed by atoms with E-state index in [-0.39, 0.29) is 5.75 Å². The van der Waals surface area contributed by atoms with E-state index in [1.165, 1.54) is 0 Å². The van der Waals surface area contributed by atoms with Gasteiger partial charge < -0.3 is 14.3 Å². The second-order valence-electron chi connectivity index (χ2n) is 4.45. The van der Waals surface area contributed by atoms with Crippen LogP contribution in [0.5, 0.6) is 11.5 Å². The number of rotatable bonds is 3. The Bertz CT molecular complexity index is 316. The first-order valence-electron chi connectivity index (χ1n) is 4.59. The van der Waals surface area contributed by atoms with Crippen molar-refractivity contribution in [1.82, 2.24) is 0 Å². The number of ether oxygens (including phenoxy) is 1. The number of hydrogen-bond acceptors (Lipinski definition) is 2. The summed E-state index contributed by atoms with van der Waals surface area (Å²) in [6, 6.07) is 5.52. The highest BCUT2D eigenvalue weighted by Crippen LogP contribution is 2.26. The lowest BCUT2D eigenvalue weighted by Gasteiger charge is -2.24. The van der Waals surface area contributed by atoms with Gasteiger partial charge in [0.15, 0.2) is 11.5 Å². The molecule has 3 heteroatoms. The molecular weight excluding hydrogens is 178 g/mol. The number of benzene rings is 1. The van der Waals surface area contributed by atoms with E-state index >= 15 is 0 Å². The van der Waals surface area contributed by atoms with Crippen LogP contribution in [-0.2, 0) is 6.54 Å². The Morgan fingerprint density at radius 3 is 2.36 bits per heavy atom. The summed E-state index contributed by atoms with van der Waals surface area (Å²) in [5, 5.41) is 9.56. The predicted octanol–water partition coefficient (Wildman–Crippen LogP) is 1.61. The van der Waals surface area contributed by atoms with Gasteiger partial charge in [-0.1, -0.05) is 0 Å². The molecule has 0 bridgehead atoms. The van der Waals surface area contributed by atoms with Crippen LogP contribution in [0.3, 0.4) is 0 Å². The number of nitrogens with zero attached hydrogens (tertiary/aromatic N) is 1. The average Bonchev–Trinajstić information content (AvgIpc) is 2.01. The van der Waals surface area contributed by atoms with E-state index in [4.69, 9.17) is 4.74 Å². The molecule has 14 heavy (non-hydrogen) atoms. The molecule has 0 spiro atoms. The van der Waals surface area contributed by atoms with Crippen molar-refractivity contribution in [2.24, 2.45) is 0 Å². The first-order valence-corrected chi connectivity index (χ1v) is 4.59. The van der Waals surface area contributed by atoms with E-state index in [1.807, 2.05) is 6.07 Å². The standard InChI is InChI=1S/C11H17NO2/c1-12(2,3)8-9-5-6-11(14-4)10(13)7-9/h5-7H,8H2,1-4H3/p+1. The van der Waals surface area contributed by atoms with E-state index < -0.39 is 0 Å². The van der Waals surface area contributed by atoms with Crippen molar-refractivity contribution in [3.05, 3.63) is 23.8 Å². The highest BCUT2D eigenvalue weighted by Gasteiger charge is 2.10. The van der Waals surface area contributed by atoms with Crippen LogP contribution in [0.4, 0.5) is 0 Å². The molecule has 0 radical (unpaired) electrons. The molecular formula is C11H18NO2+. The SMILES string of the molecule is COc1ccc(C[N+](C)(C)C)cc1O. The summed E-state index contributed by atoms with van der Waals surface area (Å²) in [6.45, 7) is 0.886. The lowest BCUT2D eigenvalue weighted by atomic mass is 10.2. The maximum atomic E-state index is 9.56. The number of phenolic OH excluding ortho intramolecular Hbond substituents is 1. The molecule has 0 aliphatic carbocycles. The molecule has 1 aromatic carbocycles. The largest absolute Gasteiger partial charge is 0.504 e. The van der Waals surface area contributed by atoms with E-state index in [1.54, 1.807) is 19.2 Å². The van der Waals surface area contributed by atoms with Gasteiger partial charge in [-0.3, -0.25) is 0 Å². The molecule has 0 aliphatic heterocycles. The summed E-state index contributed by atoms with van der Waals surface area (Å²) < 4.78 is 5.81. The first kappa shape index (κ1) is 10.9. The molecule has 0 unspecified atom stereocenters. The van der Waals surface area contributed by atoms with E-state index in [0.717, 1.165) is 16.6 Å². The van der Waals surface area contributed by atoms with Gasteiger partial charge in [0.25, 0.3) is 0 Å². The maximum Gasteiger partial charge on any atom is 0.160 e. The Kier molecular flexibility index (Phi) is 3.01. The predicted molar refractivity (Wildman–Crippen MR) is 56.4 cm³/mol. The smallest absolute Gasteiger partial charge is 0.160 e. The van der Waals surface area contributed by atoms with Crippen LogP contribution in [0.25, 0.3) is 0 Å². The van der Waals surface area contributed by atoms with Gasteiger partial charge in [0.1, 0.15) is 6.54 Å². The third-order valence-corrected chi connectivity index (χ3v) is 1.90. The minimum absolute atomic E-state index is 0.207. The molecule has 78 valence electrons. The second-order valence-corrected chi connectivity index (χ2v) is 4.45. The number of phenols is 1. The van der Waals surface area contributed by atoms with Crippen molar-refractivity contribution in [3.63, 3.8) is 0 Å². The Hall–Kier alpha value is -1.22. The molecule has 0 fully saturated rings. The first-order chi connectivity index (χ1) is 6.42. The van der Waals surface area contributed by atoms with Gasteiger partial charge in [-0.05, 0) is 18.2 Å². The molecule has 0 saturated carbocycles. The topological polar surface area (TPSA) is 29.5 Å². The van der Waals surface area contributed by atoms with Crippen LogP contribution < -0.4 is 4.74 Å².